The number of carbonyl (C=O) groups is 1. The minimum atomic E-state index is -0.129. The number of nitrogens with one attached hydrogen (secondary N) is 1. The van der Waals surface area contributed by atoms with Crippen molar-refractivity contribution in [2.45, 2.75) is 64.0 Å². The Hall–Kier alpha value is -1.79. The third-order valence-electron chi connectivity index (χ3n) is 4.78. The lowest BCUT2D eigenvalue weighted by molar-refractivity contribution is -0.119. The van der Waals surface area contributed by atoms with Crippen LogP contribution in [0.1, 0.15) is 72.1 Å². The average molecular weight is 359 g/mol. The van der Waals surface area contributed by atoms with Crippen molar-refractivity contribution in [1.82, 2.24) is 15.5 Å². The summed E-state index contributed by atoms with van der Waals surface area (Å²) in [7, 11) is 0. The molecule has 0 aliphatic heterocycles. The average Bonchev–Trinajstić information content (AvgIpc) is 3.12. The first-order valence-electron chi connectivity index (χ1n) is 9.04. The van der Waals surface area contributed by atoms with E-state index in [1.165, 1.54) is 32.1 Å². The van der Waals surface area contributed by atoms with Crippen LogP contribution in [0, 0.1) is 0 Å². The largest absolute Gasteiger partial charge is 0.347 e. The zero-order valence-corrected chi connectivity index (χ0v) is 15.5. The highest BCUT2D eigenvalue weighted by Crippen LogP contribution is 2.35. The lowest BCUT2D eigenvalue weighted by Crippen LogP contribution is -2.27. The number of aromatic nitrogens is 2. The Bertz CT molecular complexity index is 692. The van der Waals surface area contributed by atoms with Crippen molar-refractivity contribution >= 4 is 17.2 Å². The van der Waals surface area contributed by atoms with E-state index in [9.17, 15) is 4.79 Å². The molecule has 5 nitrogen and oxygen atoms in total. The van der Waals surface area contributed by atoms with Crippen molar-refractivity contribution in [1.29, 1.82) is 0 Å². The Morgan fingerprint density at radius 2 is 1.88 bits per heavy atom. The lowest BCUT2D eigenvalue weighted by atomic mass is 9.90. The zero-order chi connectivity index (χ0) is 17.6. The molecule has 0 radical (unpaired) electrons. The monoisotopic (exact) mass is 358 g/mol. The number of rotatable bonds is 6. The third-order valence-corrected chi connectivity index (χ3v) is 5.98. The Labute approximate surface area is 153 Å². The van der Waals surface area contributed by atoms with Gasteiger partial charge in [-0.15, -0.1) is 10.2 Å². The number of amides is 1. The number of hydrogen-bond acceptors (Lipinski definition) is 5. The number of nitrogens with two attached hydrogens (primary N) is 1. The zero-order valence-electron chi connectivity index (χ0n) is 14.7. The van der Waals surface area contributed by atoms with Gasteiger partial charge in [0.1, 0.15) is 10.0 Å². The molecular weight excluding hydrogens is 332 g/mol. The molecule has 1 aliphatic carbocycles. The molecule has 25 heavy (non-hydrogen) atoms. The molecule has 1 fully saturated rings. The molecule has 3 N–H and O–H groups in total. The summed E-state index contributed by atoms with van der Waals surface area (Å²) in [4.78, 5) is 11.7. The Balaban J connectivity index is 1.75. The van der Waals surface area contributed by atoms with Crippen molar-refractivity contribution in [2.24, 2.45) is 5.73 Å². The van der Waals surface area contributed by atoms with Gasteiger partial charge in [-0.1, -0.05) is 54.9 Å². The Morgan fingerprint density at radius 1 is 1.20 bits per heavy atom. The van der Waals surface area contributed by atoms with E-state index >= 15 is 0 Å². The van der Waals surface area contributed by atoms with E-state index in [2.05, 4.69) is 27.6 Å². The molecule has 1 amide bonds. The number of hydrogen-bond donors (Lipinski definition) is 2. The second-order valence-electron chi connectivity index (χ2n) is 6.79. The van der Waals surface area contributed by atoms with Gasteiger partial charge in [-0.25, -0.2) is 0 Å². The second-order valence-corrected chi connectivity index (χ2v) is 7.83. The summed E-state index contributed by atoms with van der Waals surface area (Å²) in [5.41, 5.74) is 7.92. The second kappa shape index (κ2) is 8.54. The van der Waals surface area contributed by atoms with E-state index in [0.717, 1.165) is 21.1 Å². The molecule has 0 spiro atoms. The molecule has 1 saturated carbocycles. The molecule has 134 valence electrons. The van der Waals surface area contributed by atoms with Gasteiger partial charge in [0.15, 0.2) is 0 Å². The minimum Gasteiger partial charge on any atom is -0.347 e. The molecule has 1 aliphatic rings. The van der Waals surface area contributed by atoms with Gasteiger partial charge in [-0.3, -0.25) is 4.79 Å². The van der Waals surface area contributed by atoms with E-state index in [4.69, 9.17) is 5.73 Å². The number of carbonyl (C=O) groups excluding carboxylic acids is 1. The molecule has 2 aromatic rings. The van der Waals surface area contributed by atoms with Crippen molar-refractivity contribution in [2.75, 3.05) is 0 Å². The molecular formula is C19H26N4OS. The molecule has 1 aromatic heterocycles. The highest BCUT2D eigenvalue weighted by molar-refractivity contribution is 7.11. The lowest BCUT2D eigenvalue weighted by Gasteiger charge is -2.18. The van der Waals surface area contributed by atoms with Crippen LogP contribution in [-0.4, -0.2) is 16.1 Å². The summed E-state index contributed by atoms with van der Waals surface area (Å²) in [5, 5.41) is 13.9. The highest BCUT2D eigenvalue weighted by atomic mass is 32.1. The van der Waals surface area contributed by atoms with Gasteiger partial charge in [0.05, 0.1) is 6.04 Å². The van der Waals surface area contributed by atoms with Gasteiger partial charge >= 0.3 is 0 Å². The van der Waals surface area contributed by atoms with Gasteiger partial charge in [-0.2, -0.15) is 0 Å². The molecule has 0 bridgehead atoms. The summed E-state index contributed by atoms with van der Waals surface area (Å²) >= 11 is 1.66. The van der Waals surface area contributed by atoms with Gasteiger partial charge in [0.2, 0.25) is 5.91 Å². The first kappa shape index (κ1) is 18.0. The van der Waals surface area contributed by atoms with Crippen LogP contribution in [0.2, 0.25) is 0 Å². The Kier molecular flexibility index (Phi) is 6.15. The molecule has 3 rings (SSSR count). The summed E-state index contributed by atoms with van der Waals surface area (Å²) in [5.74, 6) is 0.500. The predicted octanol–water partition coefficient (Wildman–Crippen LogP) is 3.46. The molecule has 1 aromatic carbocycles. The SMILES string of the molecule is CC(=O)NC(Cc1ccc(CN)cc1)c1nnc(C2CCCCC2)s1. The van der Waals surface area contributed by atoms with E-state index in [1.54, 1.807) is 18.3 Å². The first-order chi connectivity index (χ1) is 12.2. The van der Waals surface area contributed by atoms with Gasteiger partial charge in [-0.05, 0) is 30.4 Å². The van der Waals surface area contributed by atoms with Crippen LogP contribution in [0.5, 0.6) is 0 Å². The molecule has 0 saturated heterocycles. The topological polar surface area (TPSA) is 80.9 Å². The maximum Gasteiger partial charge on any atom is 0.217 e. The number of nitrogens with zero attached hydrogens (tertiary/aromatic N) is 2. The standard InChI is InChI=1S/C19H26N4OS/c1-13(24)21-17(11-14-7-9-15(12-20)10-8-14)19-23-22-18(25-19)16-5-3-2-4-6-16/h7-10,16-17H,2-6,11-12,20H2,1H3,(H,21,24). The molecule has 1 unspecified atom stereocenters. The van der Waals surface area contributed by atoms with Gasteiger partial charge in [0, 0.05) is 19.4 Å². The van der Waals surface area contributed by atoms with Crippen LogP contribution in [0.15, 0.2) is 24.3 Å². The summed E-state index contributed by atoms with van der Waals surface area (Å²) in [6.45, 7) is 2.09. The van der Waals surface area contributed by atoms with E-state index in [1.807, 2.05) is 12.1 Å². The summed E-state index contributed by atoms with van der Waals surface area (Å²) in [6, 6.07) is 8.08. The van der Waals surface area contributed by atoms with Crippen LogP contribution in [0.3, 0.4) is 0 Å². The fourth-order valence-corrected chi connectivity index (χ4v) is 4.46. The van der Waals surface area contributed by atoms with Crippen molar-refractivity contribution in [3.8, 4) is 0 Å². The Morgan fingerprint density at radius 3 is 2.52 bits per heavy atom. The van der Waals surface area contributed by atoms with Crippen LogP contribution in [0.4, 0.5) is 0 Å². The van der Waals surface area contributed by atoms with E-state index in [-0.39, 0.29) is 11.9 Å². The van der Waals surface area contributed by atoms with Crippen LogP contribution < -0.4 is 11.1 Å². The normalized spacial score (nSPS) is 16.6. The first-order valence-corrected chi connectivity index (χ1v) is 9.85. The maximum atomic E-state index is 11.7. The molecule has 1 heterocycles. The molecule has 1 atom stereocenters. The van der Waals surface area contributed by atoms with Crippen LogP contribution >= 0.6 is 11.3 Å². The fraction of sp³-hybridized carbons (Fsp3) is 0.526. The van der Waals surface area contributed by atoms with Gasteiger partial charge < -0.3 is 11.1 Å². The third kappa shape index (κ3) is 4.86. The number of benzene rings is 1. The maximum absolute atomic E-state index is 11.7. The highest BCUT2D eigenvalue weighted by Gasteiger charge is 2.23. The van der Waals surface area contributed by atoms with Crippen LogP contribution in [-0.2, 0) is 17.8 Å². The van der Waals surface area contributed by atoms with Crippen molar-refractivity contribution < 1.29 is 4.79 Å². The summed E-state index contributed by atoms with van der Waals surface area (Å²) in [6.07, 6.45) is 7.02. The van der Waals surface area contributed by atoms with Crippen molar-refractivity contribution in [3.05, 3.63) is 45.4 Å². The quantitative estimate of drug-likeness (QED) is 0.828. The van der Waals surface area contributed by atoms with Gasteiger partial charge in [0.25, 0.3) is 0 Å². The predicted molar refractivity (Wildman–Crippen MR) is 100 cm³/mol. The molecule has 6 heteroatoms. The minimum absolute atomic E-state index is 0.0435. The smallest absolute Gasteiger partial charge is 0.217 e. The van der Waals surface area contributed by atoms with E-state index < -0.39 is 0 Å². The summed E-state index contributed by atoms with van der Waals surface area (Å²) < 4.78 is 0. The van der Waals surface area contributed by atoms with Crippen molar-refractivity contribution in [3.63, 3.8) is 0 Å². The van der Waals surface area contributed by atoms with E-state index in [0.29, 0.717) is 18.9 Å². The van der Waals surface area contributed by atoms with Crippen LogP contribution in [0.25, 0.3) is 0 Å². The fourth-order valence-electron chi connectivity index (χ4n) is 3.39.